The van der Waals surface area contributed by atoms with E-state index in [9.17, 15) is 0 Å². The molecule has 0 spiro atoms. The van der Waals surface area contributed by atoms with Crippen LogP contribution in [0.2, 0.25) is 0 Å². The highest BCUT2D eigenvalue weighted by molar-refractivity contribution is 7.99. The first-order chi connectivity index (χ1) is 6.83. The minimum Gasteiger partial charge on any atom is -0.300 e. The van der Waals surface area contributed by atoms with Gasteiger partial charge in [-0.15, -0.1) is 0 Å². The molecule has 0 amide bonds. The maximum absolute atomic E-state index is 4.48. The Kier molecular flexibility index (Phi) is 5.96. The third-order valence-electron chi connectivity index (χ3n) is 2.17. The summed E-state index contributed by atoms with van der Waals surface area (Å²) in [4.78, 5) is 6.82. The van der Waals surface area contributed by atoms with Gasteiger partial charge in [0.2, 0.25) is 0 Å². The molecule has 0 radical (unpaired) electrons. The van der Waals surface area contributed by atoms with Crippen LogP contribution < -0.4 is 0 Å². The summed E-state index contributed by atoms with van der Waals surface area (Å²) in [6, 6.07) is 0. The summed E-state index contributed by atoms with van der Waals surface area (Å²) in [5, 5.41) is 0. The van der Waals surface area contributed by atoms with Gasteiger partial charge in [-0.1, -0.05) is 13.0 Å². The molecule has 0 aromatic heterocycles. The number of hydrogen-bond donors (Lipinski definition) is 0. The maximum atomic E-state index is 4.48. The molecular weight excluding hydrogens is 192 g/mol. The molecule has 1 heterocycles. The first-order valence-electron chi connectivity index (χ1n) is 5.29. The monoisotopic (exact) mass is 212 g/mol. The van der Waals surface area contributed by atoms with Crippen molar-refractivity contribution in [2.24, 2.45) is 4.99 Å². The Hall–Kier alpha value is -0.280. The van der Waals surface area contributed by atoms with Gasteiger partial charge in [-0.3, -0.25) is 9.89 Å². The zero-order valence-electron chi connectivity index (χ0n) is 9.20. The van der Waals surface area contributed by atoms with E-state index in [-0.39, 0.29) is 0 Å². The van der Waals surface area contributed by atoms with Crippen molar-refractivity contribution < 1.29 is 0 Å². The highest BCUT2D eigenvalue weighted by Crippen LogP contribution is 2.01. The van der Waals surface area contributed by atoms with E-state index >= 15 is 0 Å². The van der Waals surface area contributed by atoms with Crippen LogP contribution >= 0.6 is 11.8 Å². The lowest BCUT2D eigenvalue weighted by Crippen LogP contribution is -2.28. The van der Waals surface area contributed by atoms with Gasteiger partial charge in [0, 0.05) is 31.1 Å². The predicted octanol–water partition coefficient (Wildman–Crippen LogP) is 2.07. The molecule has 0 fully saturated rings. The molecule has 1 aliphatic rings. The minimum absolute atomic E-state index is 0.976. The maximum Gasteiger partial charge on any atom is 0.0485 e. The fraction of sp³-hybridized carbons (Fsp3) is 0.727. The number of rotatable bonds is 6. The lowest BCUT2D eigenvalue weighted by Gasteiger charge is -2.17. The van der Waals surface area contributed by atoms with Gasteiger partial charge in [0.15, 0.2) is 0 Å². The molecule has 0 unspecified atom stereocenters. The van der Waals surface area contributed by atoms with Crippen LogP contribution in [0.15, 0.2) is 17.1 Å². The Morgan fingerprint density at radius 2 is 2.43 bits per heavy atom. The number of thioether (sulfide) groups is 1. The number of nitrogens with zero attached hydrogens (tertiary/aromatic N) is 2. The van der Waals surface area contributed by atoms with Crippen LogP contribution in [0.5, 0.6) is 0 Å². The normalized spacial score (nSPS) is 16.1. The van der Waals surface area contributed by atoms with E-state index in [1.165, 1.54) is 17.2 Å². The van der Waals surface area contributed by atoms with Crippen molar-refractivity contribution in [2.45, 2.75) is 13.3 Å². The van der Waals surface area contributed by atoms with Gasteiger partial charge in [0.1, 0.15) is 0 Å². The lowest BCUT2D eigenvalue weighted by atomic mass is 10.2. The van der Waals surface area contributed by atoms with E-state index in [2.05, 4.69) is 36.0 Å². The molecule has 80 valence electrons. The Balaban J connectivity index is 2.16. The zero-order valence-corrected chi connectivity index (χ0v) is 10.0. The third-order valence-corrected chi connectivity index (χ3v) is 3.05. The standard InChI is InChI=1S/C11H20N2S/c1-3-14-9-8-13(2)10-11-6-4-5-7-12-11/h4,6H,3,5,7-10H2,1-2H3. The van der Waals surface area contributed by atoms with Crippen LogP contribution in [0.25, 0.3) is 0 Å². The van der Waals surface area contributed by atoms with Gasteiger partial charge >= 0.3 is 0 Å². The van der Waals surface area contributed by atoms with Gasteiger partial charge in [-0.05, 0) is 25.3 Å². The zero-order chi connectivity index (χ0) is 10.2. The molecule has 0 N–H and O–H groups in total. The van der Waals surface area contributed by atoms with E-state index < -0.39 is 0 Å². The Morgan fingerprint density at radius 1 is 1.57 bits per heavy atom. The summed E-state index contributed by atoms with van der Waals surface area (Å²) < 4.78 is 0. The summed E-state index contributed by atoms with van der Waals surface area (Å²) in [6.07, 6.45) is 5.49. The molecule has 14 heavy (non-hydrogen) atoms. The van der Waals surface area contributed by atoms with Crippen molar-refractivity contribution in [1.82, 2.24) is 4.90 Å². The minimum atomic E-state index is 0.976. The Labute approximate surface area is 91.5 Å². The highest BCUT2D eigenvalue weighted by Gasteiger charge is 2.03. The second-order valence-electron chi connectivity index (χ2n) is 3.50. The van der Waals surface area contributed by atoms with Crippen LogP contribution in [0.1, 0.15) is 13.3 Å². The van der Waals surface area contributed by atoms with Crippen LogP contribution in [0.4, 0.5) is 0 Å². The lowest BCUT2D eigenvalue weighted by molar-refractivity contribution is 0.407. The smallest absolute Gasteiger partial charge is 0.0485 e. The molecule has 1 rings (SSSR count). The molecular formula is C11H20N2S. The van der Waals surface area contributed by atoms with Gasteiger partial charge in [-0.2, -0.15) is 11.8 Å². The molecule has 1 aliphatic heterocycles. The summed E-state index contributed by atoms with van der Waals surface area (Å²) in [6.45, 7) is 5.34. The van der Waals surface area contributed by atoms with E-state index in [0.717, 1.165) is 26.1 Å². The Bertz CT molecular complexity index is 211. The molecule has 2 nitrogen and oxygen atoms in total. The van der Waals surface area contributed by atoms with E-state index in [0.29, 0.717) is 0 Å². The van der Waals surface area contributed by atoms with Crippen molar-refractivity contribution in [2.75, 3.05) is 38.2 Å². The average molecular weight is 212 g/mol. The quantitative estimate of drug-likeness (QED) is 0.626. The molecule has 0 aromatic rings. The fourth-order valence-corrected chi connectivity index (χ4v) is 2.11. The topological polar surface area (TPSA) is 15.6 Å². The van der Waals surface area contributed by atoms with Crippen LogP contribution in [0.3, 0.4) is 0 Å². The summed E-state index contributed by atoms with van der Waals surface area (Å²) in [5.41, 5.74) is 1.24. The average Bonchev–Trinajstić information content (AvgIpc) is 2.20. The molecule has 0 saturated heterocycles. The van der Waals surface area contributed by atoms with Crippen molar-refractivity contribution in [3.8, 4) is 0 Å². The molecule has 0 atom stereocenters. The molecule has 0 aliphatic carbocycles. The summed E-state index contributed by atoms with van der Waals surface area (Å²) in [5.74, 6) is 2.44. The molecule has 3 heteroatoms. The van der Waals surface area contributed by atoms with Crippen molar-refractivity contribution in [3.63, 3.8) is 0 Å². The summed E-state index contributed by atoms with van der Waals surface area (Å²) in [7, 11) is 2.17. The SMILES string of the molecule is CCSCCN(C)CC1=NCCC=C1. The largest absolute Gasteiger partial charge is 0.300 e. The highest BCUT2D eigenvalue weighted by atomic mass is 32.2. The molecule has 0 aromatic carbocycles. The first-order valence-corrected chi connectivity index (χ1v) is 6.44. The number of hydrogen-bond acceptors (Lipinski definition) is 3. The van der Waals surface area contributed by atoms with E-state index in [1.54, 1.807) is 0 Å². The summed E-state index contributed by atoms with van der Waals surface area (Å²) >= 11 is 2.00. The van der Waals surface area contributed by atoms with Crippen molar-refractivity contribution in [3.05, 3.63) is 12.2 Å². The van der Waals surface area contributed by atoms with Gasteiger partial charge < -0.3 is 0 Å². The van der Waals surface area contributed by atoms with E-state index in [4.69, 9.17) is 0 Å². The second-order valence-corrected chi connectivity index (χ2v) is 4.89. The fourth-order valence-electron chi connectivity index (χ4n) is 1.38. The predicted molar refractivity (Wildman–Crippen MR) is 66.6 cm³/mol. The molecule has 0 bridgehead atoms. The van der Waals surface area contributed by atoms with Gasteiger partial charge in [0.05, 0.1) is 0 Å². The first kappa shape index (κ1) is 11.8. The third kappa shape index (κ3) is 4.82. The number of aliphatic imine (C=N–C) groups is 1. The van der Waals surface area contributed by atoms with Crippen molar-refractivity contribution >= 4 is 17.5 Å². The Morgan fingerprint density at radius 3 is 3.07 bits per heavy atom. The molecule has 0 saturated carbocycles. The second kappa shape index (κ2) is 7.07. The van der Waals surface area contributed by atoms with Crippen LogP contribution in [-0.4, -0.2) is 48.8 Å². The van der Waals surface area contributed by atoms with Gasteiger partial charge in [0.25, 0.3) is 0 Å². The van der Waals surface area contributed by atoms with E-state index in [1.807, 2.05) is 11.8 Å². The van der Waals surface area contributed by atoms with Crippen LogP contribution in [-0.2, 0) is 0 Å². The number of dihydropyridines is 1. The van der Waals surface area contributed by atoms with Crippen molar-refractivity contribution in [1.29, 1.82) is 0 Å². The van der Waals surface area contributed by atoms with Gasteiger partial charge in [-0.25, -0.2) is 0 Å². The van der Waals surface area contributed by atoms with Crippen LogP contribution in [0, 0.1) is 0 Å².